The minimum atomic E-state index is -2.51. The van der Waals surface area contributed by atoms with E-state index in [1.165, 1.54) is 10.8 Å². The molecule has 3 aliphatic heterocycles. The number of fused-ring (bicyclic) bond motifs is 4. The van der Waals surface area contributed by atoms with Crippen LogP contribution in [0.1, 0.15) is 0 Å². The third kappa shape index (κ3) is 2.36. The van der Waals surface area contributed by atoms with E-state index >= 15 is 0 Å². The Kier molecular flexibility index (Phi) is 3.68. The molecule has 3 nitrogen and oxygen atoms in total. The number of ether oxygens (including phenoxy) is 2. The van der Waals surface area contributed by atoms with Gasteiger partial charge in [-0.2, -0.15) is 0 Å². The monoisotopic (exact) mass is 511 g/mol. The summed E-state index contributed by atoms with van der Waals surface area (Å²) in [6.45, 7) is 0. The first kappa shape index (κ1) is 20.0. The van der Waals surface area contributed by atoms with Crippen LogP contribution < -0.4 is 30.3 Å². The van der Waals surface area contributed by atoms with Crippen LogP contribution in [-0.2, 0) is 11.8 Å². The molecule has 37 heavy (non-hydrogen) atoms. The molecule has 3 heterocycles. The molecule has 0 bridgehead atoms. The number of nitrogens with zero attached hydrogens (tertiary/aromatic N) is 1. The summed E-state index contributed by atoms with van der Waals surface area (Å²) in [4.78, 5) is 2.40. The van der Waals surface area contributed by atoms with E-state index in [0.717, 1.165) is 66.7 Å². The molecule has 9 rings (SSSR count). The first-order chi connectivity index (χ1) is 18.2. The second kappa shape index (κ2) is 6.80. The summed E-state index contributed by atoms with van der Waals surface area (Å²) in [7, 11) is 0. The van der Waals surface area contributed by atoms with E-state index in [1.54, 1.807) is 0 Å². The minimum absolute atomic E-state index is 0.812. The molecular formula is C32H18NO2PS. The Morgan fingerprint density at radius 3 is 1.59 bits per heavy atom. The molecule has 0 unspecified atom stereocenters. The molecule has 0 aromatic heterocycles. The highest BCUT2D eigenvalue weighted by Gasteiger charge is 2.50. The van der Waals surface area contributed by atoms with Crippen LogP contribution in [0.25, 0.3) is 21.5 Å². The van der Waals surface area contributed by atoms with Crippen molar-refractivity contribution in [1.82, 2.24) is 0 Å². The van der Waals surface area contributed by atoms with Gasteiger partial charge in [0.1, 0.15) is 23.0 Å². The molecule has 0 atom stereocenters. The fourth-order valence-corrected chi connectivity index (χ4v) is 11.3. The van der Waals surface area contributed by atoms with Gasteiger partial charge in [-0.15, -0.1) is 0 Å². The van der Waals surface area contributed by atoms with Crippen LogP contribution in [0, 0.1) is 0 Å². The number of para-hydroxylation sites is 1. The summed E-state index contributed by atoms with van der Waals surface area (Å²) in [6, 6.07) is 35.6. The number of hydrogen-bond donors (Lipinski definition) is 0. The lowest BCUT2D eigenvalue weighted by Gasteiger charge is -2.46. The molecule has 3 aliphatic rings. The number of rotatable bonds is 1. The van der Waals surface area contributed by atoms with E-state index in [4.69, 9.17) is 21.3 Å². The van der Waals surface area contributed by atoms with Crippen molar-refractivity contribution >= 4 is 72.4 Å². The molecule has 6 aromatic carbocycles. The third-order valence-electron chi connectivity index (χ3n) is 7.73. The molecule has 0 saturated heterocycles. The summed E-state index contributed by atoms with van der Waals surface area (Å²) in [5.41, 5.74) is 3.34. The molecular weight excluding hydrogens is 493 g/mol. The lowest BCUT2D eigenvalue weighted by atomic mass is 10.0. The molecule has 6 aromatic rings. The Bertz CT molecular complexity index is 1920. The van der Waals surface area contributed by atoms with Crippen molar-refractivity contribution in [1.29, 1.82) is 0 Å². The first-order valence-corrected chi connectivity index (χ1v) is 15.1. The largest absolute Gasteiger partial charge is 0.456 e. The maximum atomic E-state index is 6.94. The molecule has 0 spiro atoms. The summed E-state index contributed by atoms with van der Waals surface area (Å²) in [5.74, 6) is 3.34. The van der Waals surface area contributed by atoms with Gasteiger partial charge in [-0.25, -0.2) is 0 Å². The normalized spacial score (nSPS) is 15.2. The fourth-order valence-electron chi connectivity index (χ4n) is 6.30. The molecule has 0 aliphatic carbocycles. The zero-order valence-corrected chi connectivity index (χ0v) is 21.2. The van der Waals surface area contributed by atoms with Gasteiger partial charge in [-0.1, -0.05) is 84.6 Å². The maximum absolute atomic E-state index is 6.94. The van der Waals surface area contributed by atoms with Crippen LogP contribution in [-0.4, -0.2) is 0 Å². The van der Waals surface area contributed by atoms with Crippen molar-refractivity contribution in [3.63, 3.8) is 0 Å². The summed E-state index contributed by atoms with van der Waals surface area (Å²) in [5, 5.41) is 7.89. The van der Waals surface area contributed by atoms with Gasteiger partial charge in [0.25, 0.3) is 0 Å². The number of hydrogen-bond acceptors (Lipinski definition) is 4. The van der Waals surface area contributed by atoms with E-state index in [2.05, 4.69) is 95.9 Å². The van der Waals surface area contributed by atoms with Gasteiger partial charge >= 0.3 is 0 Å². The fraction of sp³-hybridized carbons (Fsp3) is 0. The van der Waals surface area contributed by atoms with Crippen LogP contribution in [0.15, 0.2) is 109 Å². The van der Waals surface area contributed by atoms with Gasteiger partial charge in [0, 0.05) is 16.5 Å². The zero-order chi connectivity index (χ0) is 24.3. The number of anilines is 3. The lowest BCUT2D eigenvalue weighted by Crippen LogP contribution is -2.42. The van der Waals surface area contributed by atoms with Crippen LogP contribution >= 0.6 is 6.04 Å². The van der Waals surface area contributed by atoms with Crippen molar-refractivity contribution in [2.45, 2.75) is 0 Å². The van der Waals surface area contributed by atoms with E-state index < -0.39 is 6.04 Å². The van der Waals surface area contributed by atoms with Gasteiger partial charge in [-0.05, 0) is 47.2 Å². The second-order valence-electron chi connectivity index (χ2n) is 9.67. The molecule has 0 fully saturated rings. The SMILES string of the molecule is S=P12c3c4cccc3Oc3cc5ccccc5c(c31)N(c1ccccc1)c1c2c(cc2ccccc12)O4. The zero-order valence-electron chi connectivity index (χ0n) is 19.5. The Morgan fingerprint density at radius 2 is 1.03 bits per heavy atom. The van der Waals surface area contributed by atoms with Crippen LogP contribution in [0.2, 0.25) is 0 Å². The van der Waals surface area contributed by atoms with Gasteiger partial charge in [0.05, 0.1) is 33.3 Å². The van der Waals surface area contributed by atoms with E-state index in [0.29, 0.717) is 0 Å². The summed E-state index contributed by atoms with van der Waals surface area (Å²) < 4.78 is 13.3. The highest BCUT2D eigenvalue weighted by Crippen LogP contribution is 2.66. The van der Waals surface area contributed by atoms with Crippen molar-refractivity contribution < 1.29 is 9.47 Å². The van der Waals surface area contributed by atoms with E-state index in [-0.39, 0.29) is 0 Å². The van der Waals surface area contributed by atoms with Gasteiger partial charge in [0.2, 0.25) is 0 Å². The maximum Gasteiger partial charge on any atom is 0.140 e. The smallest absolute Gasteiger partial charge is 0.140 e. The van der Waals surface area contributed by atoms with Gasteiger partial charge in [0.15, 0.2) is 0 Å². The van der Waals surface area contributed by atoms with E-state index in [1.807, 2.05) is 18.2 Å². The van der Waals surface area contributed by atoms with Crippen LogP contribution in [0.3, 0.4) is 0 Å². The molecule has 5 heteroatoms. The Hall–Kier alpha value is -4.11. The molecule has 0 saturated carbocycles. The van der Waals surface area contributed by atoms with Crippen molar-refractivity contribution in [3.05, 3.63) is 109 Å². The standard InChI is InChI=1S/C32H18NO2PS/c37-36-30-24-15-8-16-25(30)35-27-18-20-10-5-7-14-23(20)29(32(27)36)33(21-11-2-1-3-12-21)28-22-13-6-4-9-19(22)17-26(34-24)31(28)36/h1-18H. The van der Waals surface area contributed by atoms with Crippen LogP contribution in [0.4, 0.5) is 17.1 Å². The van der Waals surface area contributed by atoms with Gasteiger partial charge < -0.3 is 14.4 Å². The van der Waals surface area contributed by atoms with Crippen LogP contribution in [0.5, 0.6) is 23.0 Å². The van der Waals surface area contributed by atoms with Crippen molar-refractivity contribution in [2.75, 3.05) is 4.90 Å². The molecule has 174 valence electrons. The highest BCUT2D eigenvalue weighted by atomic mass is 32.4. The Labute approximate surface area is 218 Å². The Morgan fingerprint density at radius 1 is 0.514 bits per heavy atom. The molecule has 0 amide bonds. The predicted octanol–water partition coefficient (Wildman–Crippen LogP) is 7.74. The molecule has 0 N–H and O–H groups in total. The topological polar surface area (TPSA) is 21.7 Å². The average Bonchev–Trinajstić information content (AvgIpc) is 2.93. The van der Waals surface area contributed by atoms with E-state index in [9.17, 15) is 0 Å². The average molecular weight is 512 g/mol. The molecule has 0 radical (unpaired) electrons. The lowest BCUT2D eigenvalue weighted by molar-refractivity contribution is 0.467. The summed E-state index contributed by atoms with van der Waals surface area (Å²) in [6.07, 6.45) is 0. The predicted molar refractivity (Wildman–Crippen MR) is 156 cm³/mol. The van der Waals surface area contributed by atoms with Crippen molar-refractivity contribution in [2.24, 2.45) is 0 Å². The number of benzene rings is 6. The Balaban J connectivity index is 1.58. The minimum Gasteiger partial charge on any atom is -0.456 e. The summed E-state index contributed by atoms with van der Waals surface area (Å²) >= 11 is 6.94. The quantitative estimate of drug-likeness (QED) is 0.210. The third-order valence-corrected chi connectivity index (χ3v) is 12.6. The highest BCUT2D eigenvalue weighted by molar-refractivity contribution is 8.26. The van der Waals surface area contributed by atoms with Crippen molar-refractivity contribution in [3.8, 4) is 23.0 Å². The van der Waals surface area contributed by atoms with Gasteiger partial charge in [-0.3, -0.25) is 0 Å². The first-order valence-electron chi connectivity index (χ1n) is 12.3. The second-order valence-corrected chi connectivity index (χ2v) is 13.9.